The molecule has 7 heteroatoms. The van der Waals surface area contributed by atoms with E-state index in [1.165, 1.54) is 21.6 Å². The molecular weight excluding hydrogens is 350 g/mol. The van der Waals surface area contributed by atoms with Gasteiger partial charge in [-0.15, -0.1) is 0 Å². The summed E-state index contributed by atoms with van der Waals surface area (Å²) in [7, 11) is -1.72. The van der Waals surface area contributed by atoms with E-state index in [0.29, 0.717) is 18.9 Å². The number of rotatable bonds is 5. The van der Waals surface area contributed by atoms with Crippen LogP contribution in [0.5, 0.6) is 5.75 Å². The molecular formula is C19H23N3O3S. The monoisotopic (exact) mass is 373 g/mol. The van der Waals surface area contributed by atoms with Crippen molar-refractivity contribution in [2.45, 2.75) is 36.6 Å². The average molecular weight is 373 g/mol. The maximum Gasteiger partial charge on any atom is 0.244 e. The molecule has 1 aliphatic carbocycles. The summed E-state index contributed by atoms with van der Waals surface area (Å²) in [4.78, 5) is 4.61. The van der Waals surface area contributed by atoms with Gasteiger partial charge in [0.05, 0.1) is 13.2 Å². The number of benzene rings is 1. The molecule has 4 rings (SSSR count). The molecule has 0 bridgehead atoms. The van der Waals surface area contributed by atoms with E-state index >= 15 is 0 Å². The van der Waals surface area contributed by atoms with Crippen LogP contribution in [0.4, 0.5) is 5.82 Å². The predicted octanol–water partition coefficient (Wildman–Crippen LogP) is 2.97. The van der Waals surface area contributed by atoms with Gasteiger partial charge < -0.3 is 10.1 Å². The van der Waals surface area contributed by atoms with Crippen LogP contribution in [-0.4, -0.2) is 37.9 Å². The maximum absolute atomic E-state index is 12.6. The first-order chi connectivity index (χ1) is 12.6. The van der Waals surface area contributed by atoms with E-state index in [-0.39, 0.29) is 10.9 Å². The van der Waals surface area contributed by atoms with Crippen LogP contribution in [0, 0.1) is 0 Å². The molecule has 0 amide bonds. The highest BCUT2D eigenvalue weighted by molar-refractivity contribution is 7.89. The number of sulfonamides is 1. The van der Waals surface area contributed by atoms with E-state index in [1.807, 2.05) is 12.1 Å². The van der Waals surface area contributed by atoms with Gasteiger partial charge in [-0.25, -0.2) is 13.4 Å². The third kappa shape index (κ3) is 3.05. The van der Waals surface area contributed by atoms with Crippen molar-refractivity contribution in [2.75, 3.05) is 25.5 Å². The molecule has 1 saturated heterocycles. The van der Waals surface area contributed by atoms with Gasteiger partial charge in [0.25, 0.3) is 0 Å². The Morgan fingerprint density at radius 3 is 2.69 bits per heavy atom. The molecule has 1 N–H and O–H groups in total. The Bertz CT molecular complexity index is 891. The van der Waals surface area contributed by atoms with Gasteiger partial charge >= 0.3 is 0 Å². The largest absolute Gasteiger partial charge is 0.496 e. The Morgan fingerprint density at radius 2 is 2.00 bits per heavy atom. The van der Waals surface area contributed by atoms with E-state index in [2.05, 4.69) is 16.4 Å². The summed E-state index contributed by atoms with van der Waals surface area (Å²) < 4.78 is 32.1. The molecule has 1 aliphatic heterocycles. The molecule has 1 atom stereocenters. The van der Waals surface area contributed by atoms with Crippen LogP contribution in [0.1, 0.15) is 36.4 Å². The lowest BCUT2D eigenvalue weighted by atomic mass is 10.1. The van der Waals surface area contributed by atoms with Crippen LogP contribution >= 0.6 is 0 Å². The number of nitrogens with one attached hydrogen (secondary N) is 1. The normalized spacial score (nSPS) is 20.1. The van der Waals surface area contributed by atoms with Gasteiger partial charge in [0.2, 0.25) is 10.0 Å². The highest BCUT2D eigenvalue weighted by Gasteiger charge is 2.28. The summed E-state index contributed by atoms with van der Waals surface area (Å²) in [5, 5.41) is 3.42. The first-order valence-corrected chi connectivity index (χ1v) is 10.4. The topological polar surface area (TPSA) is 71.5 Å². The van der Waals surface area contributed by atoms with Gasteiger partial charge in [0.1, 0.15) is 16.5 Å². The summed E-state index contributed by atoms with van der Waals surface area (Å²) in [5.41, 5.74) is 2.46. The smallest absolute Gasteiger partial charge is 0.244 e. The van der Waals surface area contributed by atoms with Gasteiger partial charge in [0, 0.05) is 19.3 Å². The fourth-order valence-corrected chi connectivity index (χ4v) is 5.30. The molecule has 1 aromatic carbocycles. The van der Waals surface area contributed by atoms with Gasteiger partial charge in [-0.1, -0.05) is 12.1 Å². The second kappa shape index (κ2) is 6.89. The number of pyridine rings is 1. The van der Waals surface area contributed by atoms with E-state index in [9.17, 15) is 8.42 Å². The highest BCUT2D eigenvalue weighted by atomic mass is 32.2. The van der Waals surface area contributed by atoms with Crippen LogP contribution in [0.2, 0.25) is 0 Å². The minimum absolute atomic E-state index is 0.161. The van der Waals surface area contributed by atoms with E-state index in [1.54, 1.807) is 19.2 Å². The van der Waals surface area contributed by atoms with Crippen molar-refractivity contribution in [2.24, 2.45) is 0 Å². The van der Waals surface area contributed by atoms with Crippen molar-refractivity contribution in [3.05, 3.63) is 47.7 Å². The Hall–Kier alpha value is -2.12. The van der Waals surface area contributed by atoms with Crippen molar-refractivity contribution in [1.82, 2.24) is 9.29 Å². The Kier molecular flexibility index (Phi) is 4.58. The van der Waals surface area contributed by atoms with Crippen LogP contribution in [0.3, 0.4) is 0 Å². The number of aromatic nitrogens is 1. The van der Waals surface area contributed by atoms with Gasteiger partial charge in [0.15, 0.2) is 0 Å². The van der Waals surface area contributed by atoms with Crippen molar-refractivity contribution in [3.63, 3.8) is 0 Å². The zero-order valence-electron chi connectivity index (χ0n) is 14.8. The summed E-state index contributed by atoms with van der Waals surface area (Å²) in [6.07, 6.45) is 5.23. The molecule has 26 heavy (non-hydrogen) atoms. The van der Waals surface area contributed by atoms with Gasteiger partial charge in [-0.3, -0.25) is 0 Å². The Labute approximate surface area is 154 Å². The van der Waals surface area contributed by atoms with Gasteiger partial charge in [-0.2, -0.15) is 4.31 Å². The number of hydrogen-bond acceptors (Lipinski definition) is 5. The zero-order valence-corrected chi connectivity index (χ0v) is 15.6. The lowest BCUT2D eigenvalue weighted by molar-refractivity contribution is 0.410. The maximum atomic E-state index is 12.6. The summed E-state index contributed by atoms with van der Waals surface area (Å²) in [5.74, 6) is 1.61. The SMILES string of the molecule is COc1cccc2c1CCC2Nc1ccc(S(=O)(=O)N2CCCC2)cn1. The van der Waals surface area contributed by atoms with Crippen molar-refractivity contribution in [1.29, 1.82) is 0 Å². The average Bonchev–Trinajstić information content (AvgIpc) is 3.33. The molecule has 138 valence electrons. The van der Waals surface area contributed by atoms with Crippen molar-refractivity contribution in [3.8, 4) is 5.75 Å². The molecule has 6 nitrogen and oxygen atoms in total. The van der Waals surface area contributed by atoms with Gasteiger partial charge in [-0.05, 0) is 55.0 Å². The molecule has 2 aromatic rings. The molecule has 1 fully saturated rings. The summed E-state index contributed by atoms with van der Waals surface area (Å²) >= 11 is 0. The summed E-state index contributed by atoms with van der Waals surface area (Å²) in [6.45, 7) is 1.20. The highest BCUT2D eigenvalue weighted by Crippen LogP contribution is 2.38. The van der Waals surface area contributed by atoms with E-state index < -0.39 is 10.0 Å². The molecule has 2 heterocycles. The number of hydrogen-bond donors (Lipinski definition) is 1. The van der Waals surface area contributed by atoms with Crippen LogP contribution in [-0.2, 0) is 16.4 Å². The second-order valence-corrected chi connectivity index (χ2v) is 8.69. The molecule has 1 unspecified atom stereocenters. The number of methoxy groups -OCH3 is 1. The summed E-state index contributed by atoms with van der Waals surface area (Å²) in [6, 6.07) is 9.64. The Balaban J connectivity index is 1.51. The molecule has 0 spiro atoms. The standard InChI is InChI=1S/C19H23N3O3S/c1-25-18-6-4-5-15-16(18)8-9-17(15)21-19-10-7-14(13-20-19)26(23,24)22-11-2-3-12-22/h4-7,10,13,17H,2-3,8-9,11-12H2,1H3,(H,20,21). The molecule has 0 radical (unpaired) electrons. The fourth-order valence-electron chi connectivity index (χ4n) is 3.84. The fraction of sp³-hybridized carbons (Fsp3) is 0.421. The van der Waals surface area contributed by atoms with Crippen LogP contribution in [0.25, 0.3) is 0 Å². The van der Waals surface area contributed by atoms with Crippen LogP contribution < -0.4 is 10.1 Å². The van der Waals surface area contributed by atoms with Crippen molar-refractivity contribution >= 4 is 15.8 Å². The van der Waals surface area contributed by atoms with E-state index in [4.69, 9.17) is 4.74 Å². The number of anilines is 1. The minimum Gasteiger partial charge on any atom is -0.496 e. The molecule has 1 aromatic heterocycles. The van der Waals surface area contributed by atoms with Crippen LogP contribution in [0.15, 0.2) is 41.4 Å². The lowest BCUT2D eigenvalue weighted by Crippen LogP contribution is -2.27. The predicted molar refractivity (Wildman–Crippen MR) is 99.9 cm³/mol. The lowest BCUT2D eigenvalue weighted by Gasteiger charge is -2.17. The quantitative estimate of drug-likeness (QED) is 0.872. The number of nitrogens with zero attached hydrogens (tertiary/aromatic N) is 2. The Morgan fingerprint density at radius 1 is 1.19 bits per heavy atom. The number of fused-ring (bicyclic) bond motifs is 1. The molecule has 0 saturated carbocycles. The third-order valence-corrected chi connectivity index (χ3v) is 7.09. The zero-order chi connectivity index (χ0) is 18.1. The third-order valence-electron chi connectivity index (χ3n) is 5.21. The first kappa shape index (κ1) is 17.3. The number of ether oxygens (including phenoxy) is 1. The molecule has 2 aliphatic rings. The first-order valence-electron chi connectivity index (χ1n) is 8.98. The second-order valence-electron chi connectivity index (χ2n) is 6.75. The van der Waals surface area contributed by atoms with Crippen molar-refractivity contribution < 1.29 is 13.2 Å². The minimum atomic E-state index is -3.41. The van der Waals surface area contributed by atoms with E-state index in [0.717, 1.165) is 31.4 Å².